The lowest BCUT2D eigenvalue weighted by Gasteiger charge is -2.15. The van der Waals surface area contributed by atoms with Crippen LogP contribution in [0.4, 0.5) is 0 Å². The average molecular weight is 456 g/mol. The molecule has 0 aliphatic rings. The SMILES string of the molecule is COc1ccc(/C=N\NC(=O)c2[nH]c3ccc(C)cc3c2-c2ccccc2)c(C(=O)[O-])c1OC. The number of fused-ring (bicyclic) bond motifs is 1. The van der Waals surface area contributed by atoms with Crippen molar-refractivity contribution in [2.45, 2.75) is 6.92 Å². The highest BCUT2D eigenvalue weighted by molar-refractivity contribution is 6.10. The number of nitrogens with zero attached hydrogens (tertiary/aromatic N) is 1. The number of aromatic nitrogens is 1. The molecule has 8 heteroatoms. The van der Waals surface area contributed by atoms with E-state index in [0.717, 1.165) is 27.6 Å². The fourth-order valence-electron chi connectivity index (χ4n) is 3.86. The van der Waals surface area contributed by atoms with Crippen LogP contribution in [-0.2, 0) is 0 Å². The van der Waals surface area contributed by atoms with Gasteiger partial charge in [0, 0.05) is 22.0 Å². The predicted molar refractivity (Wildman–Crippen MR) is 127 cm³/mol. The van der Waals surface area contributed by atoms with Crippen LogP contribution in [-0.4, -0.2) is 37.3 Å². The van der Waals surface area contributed by atoms with Gasteiger partial charge in [0.1, 0.15) is 5.69 Å². The number of carboxylic acid groups (broad SMARTS) is 1. The number of aromatic amines is 1. The number of carbonyl (C=O) groups is 2. The van der Waals surface area contributed by atoms with Crippen LogP contribution in [0.2, 0.25) is 0 Å². The lowest BCUT2D eigenvalue weighted by atomic mass is 10.0. The standard InChI is InChI=1S/C26H23N3O5/c1-15-9-11-19-18(13-15)21(16-7-5-4-6-8-16)23(28-19)25(30)29-27-14-17-10-12-20(33-2)24(34-3)22(17)26(31)32/h4-14,28H,1-3H3,(H,29,30)(H,31,32)/p-1/b27-14-. The topological polar surface area (TPSA) is 116 Å². The van der Waals surface area contributed by atoms with Crippen molar-refractivity contribution in [2.75, 3.05) is 14.2 Å². The van der Waals surface area contributed by atoms with Gasteiger partial charge >= 0.3 is 0 Å². The minimum atomic E-state index is -1.46. The number of ether oxygens (including phenoxy) is 2. The van der Waals surface area contributed by atoms with Crippen molar-refractivity contribution in [1.82, 2.24) is 10.4 Å². The van der Waals surface area contributed by atoms with Crippen LogP contribution in [0.5, 0.6) is 11.5 Å². The van der Waals surface area contributed by atoms with Crippen molar-refractivity contribution in [3.63, 3.8) is 0 Å². The third kappa shape index (κ3) is 4.21. The Morgan fingerprint density at radius 3 is 2.47 bits per heavy atom. The van der Waals surface area contributed by atoms with Gasteiger partial charge in [0.2, 0.25) is 0 Å². The molecule has 2 N–H and O–H groups in total. The quantitative estimate of drug-likeness (QED) is 0.327. The molecular formula is C26H22N3O5-. The molecule has 1 heterocycles. The van der Waals surface area contributed by atoms with Crippen molar-refractivity contribution in [3.05, 3.63) is 83.0 Å². The second-order valence-corrected chi connectivity index (χ2v) is 7.54. The van der Waals surface area contributed by atoms with E-state index >= 15 is 0 Å². The zero-order valence-electron chi connectivity index (χ0n) is 18.8. The number of nitrogens with one attached hydrogen (secondary N) is 2. The number of benzene rings is 3. The van der Waals surface area contributed by atoms with Gasteiger partial charge in [-0.3, -0.25) is 4.79 Å². The molecule has 0 radical (unpaired) electrons. The van der Waals surface area contributed by atoms with Gasteiger partial charge in [-0.05, 0) is 36.8 Å². The van der Waals surface area contributed by atoms with Crippen molar-refractivity contribution < 1.29 is 24.2 Å². The normalized spacial score (nSPS) is 11.0. The molecule has 0 aliphatic carbocycles. The van der Waals surface area contributed by atoms with E-state index in [0.29, 0.717) is 5.69 Å². The summed E-state index contributed by atoms with van der Waals surface area (Å²) in [6, 6.07) is 18.5. The van der Waals surface area contributed by atoms with E-state index in [2.05, 4.69) is 15.5 Å². The Bertz CT molecular complexity index is 1410. The highest BCUT2D eigenvalue weighted by Crippen LogP contribution is 2.34. The molecule has 0 saturated heterocycles. The van der Waals surface area contributed by atoms with E-state index in [-0.39, 0.29) is 22.6 Å². The van der Waals surface area contributed by atoms with E-state index in [1.165, 1.54) is 26.5 Å². The second kappa shape index (κ2) is 9.50. The van der Waals surface area contributed by atoms with Crippen molar-refractivity contribution in [1.29, 1.82) is 0 Å². The molecule has 0 saturated carbocycles. The first-order chi connectivity index (χ1) is 16.4. The molecule has 172 valence electrons. The van der Waals surface area contributed by atoms with Gasteiger partial charge in [-0.15, -0.1) is 0 Å². The fraction of sp³-hybridized carbons (Fsp3) is 0.115. The van der Waals surface area contributed by atoms with Crippen LogP contribution in [0.15, 0.2) is 65.8 Å². The first kappa shape index (κ1) is 22.6. The molecule has 0 spiro atoms. The summed E-state index contributed by atoms with van der Waals surface area (Å²) in [5, 5.41) is 16.6. The van der Waals surface area contributed by atoms with Crippen molar-refractivity contribution in [3.8, 4) is 22.6 Å². The first-order valence-corrected chi connectivity index (χ1v) is 10.4. The fourth-order valence-corrected chi connectivity index (χ4v) is 3.86. The third-order valence-electron chi connectivity index (χ3n) is 5.40. The molecule has 4 aromatic rings. The zero-order chi connectivity index (χ0) is 24.2. The summed E-state index contributed by atoms with van der Waals surface area (Å²) >= 11 is 0. The maximum Gasteiger partial charge on any atom is 0.288 e. The molecule has 4 rings (SSSR count). The molecule has 0 bridgehead atoms. The number of methoxy groups -OCH3 is 2. The van der Waals surface area contributed by atoms with E-state index in [9.17, 15) is 14.7 Å². The highest BCUT2D eigenvalue weighted by Gasteiger charge is 2.19. The number of rotatable bonds is 7. The van der Waals surface area contributed by atoms with Gasteiger partial charge in [0.15, 0.2) is 11.5 Å². The smallest absolute Gasteiger partial charge is 0.288 e. The lowest BCUT2D eigenvalue weighted by Crippen LogP contribution is -2.25. The molecule has 0 aliphatic heterocycles. The van der Waals surface area contributed by atoms with E-state index in [1.54, 1.807) is 6.07 Å². The summed E-state index contributed by atoms with van der Waals surface area (Å²) in [7, 11) is 2.73. The summed E-state index contributed by atoms with van der Waals surface area (Å²) < 4.78 is 10.3. The maximum absolute atomic E-state index is 13.1. The Balaban J connectivity index is 1.70. The summed E-state index contributed by atoms with van der Waals surface area (Å²) in [6.07, 6.45) is 1.22. The van der Waals surface area contributed by atoms with Crippen LogP contribution >= 0.6 is 0 Å². The molecule has 0 fully saturated rings. The Morgan fingerprint density at radius 2 is 1.79 bits per heavy atom. The van der Waals surface area contributed by atoms with Crippen LogP contribution in [0.25, 0.3) is 22.0 Å². The number of H-pyrrole nitrogens is 1. The van der Waals surface area contributed by atoms with E-state index < -0.39 is 11.9 Å². The number of aryl methyl sites for hydroxylation is 1. The Labute approximate surface area is 195 Å². The van der Waals surface area contributed by atoms with Crippen molar-refractivity contribution in [2.24, 2.45) is 5.10 Å². The number of hydrazone groups is 1. The summed E-state index contributed by atoms with van der Waals surface area (Å²) in [6.45, 7) is 1.99. The number of hydrogen-bond acceptors (Lipinski definition) is 6. The zero-order valence-corrected chi connectivity index (χ0v) is 18.8. The highest BCUT2D eigenvalue weighted by atomic mass is 16.5. The van der Waals surface area contributed by atoms with Crippen molar-refractivity contribution >= 4 is 29.0 Å². The molecule has 0 atom stereocenters. The number of amides is 1. The van der Waals surface area contributed by atoms with Gasteiger partial charge < -0.3 is 24.4 Å². The number of aromatic carboxylic acids is 1. The predicted octanol–water partition coefficient (Wildman–Crippen LogP) is 3.29. The number of carboxylic acids is 1. The van der Waals surface area contributed by atoms with E-state index in [4.69, 9.17) is 9.47 Å². The van der Waals surface area contributed by atoms with Crippen LogP contribution < -0.4 is 20.0 Å². The molecule has 3 aromatic carbocycles. The minimum absolute atomic E-state index is 0.00938. The summed E-state index contributed by atoms with van der Waals surface area (Å²) in [5.74, 6) is -1.68. The molecule has 8 nitrogen and oxygen atoms in total. The molecule has 0 unspecified atom stereocenters. The van der Waals surface area contributed by atoms with Crippen LogP contribution in [0, 0.1) is 6.92 Å². The summed E-state index contributed by atoms with van der Waals surface area (Å²) in [5.41, 5.74) is 6.30. The molecule has 1 aromatic heterocycles. The summed E-state index contributed by atoms with van der Waals surface area (Å²) in [4.78, 5) is 28.0. The third-order valence-corrected chi connectivity index (χ3v) is 5.40. The number of hydrogen-bond donors (Lipinski definition) is 2. The van der Waals surface area contributed by atoms with Gasteiger partial charge in [-0.25, -0.2) is 5.43 Å². The maximum atomic E-state index is 13.1. The van der Waals surface area contributed by atoms with Crippen LogP contribution in [0.3, 0.4) is 0 Å². The Kier molecular flexibility index (Phi) is 6.31. The van der Waals surface area contributed by atoms with Gasteiger partial charge in [0.25, 0.3) is 5.91 Å². The lowest BCUT2D eigenvalue weighted by molar-refractivity contribution is -0.255. The molecule has 34 heavy (non-hydrogen) atoms. The second-order valence-electron chi connectivity index (χ2n) is 7.54. The average Bonchev–Trinajstić information content (AvgIpc) is 3.22. The van der Waals surface area contributed by atoms with Gasteiger partial charge in [-0.2, -0.15) is 5.10 Å². The Morgan fingerprint density at radius 1 is 1.03 bits per heavy atom. The first-order valence-electron chi connectivity index (χ1n) is 10.4. The van der Waals surface area contributed by atoms with Gasteiger partial charge in [-0.1, -0.05) is 42.0 Å². The van der Waals surface area contributed by atoms with E-state index in [1.807, 2.05) is 55.5 Å². The molecular weight excluding hydrogens is 434 g/mol. The monoisotopic (exact) mass is 456 g/mol. The molecule has 1 amide bonds. The minimum Gasteiger partial charge on any atom is -0.545 e. The largest absolute Gasteiger partial charge is 0.545 e. The Hall–Kier alpha value is -4.59. The number of carbonyl (C=O) groups excluding carboxylic acids is 2. The van der Waals surface area contributed by atoms with Crippen LogP contribution in [0.1, 0.15) is 32.0 Å². The van der Waals surface area contributed by atoms with Gasteiger partial charge in [0.05, 0.1) is 32.0 Å².